The lowest BCUT2D eigenvalue weighted by atomic mass is 10.2. The molecule has 0 bridgehead atoms. The Kier molecular flexibility index (Phi) is 3.50. The van der Waals surface area contributed by atoms with Gasteiger partial charge in [-0.2, -0.15) is 18.3 Å². The second-order valence-electron chi connectivity index (χ2n) is 4.16. The van der Waals surface area contributed by atoms with Gasteiger partial charge in [-0.3, -0.25) is 10.1 Å². The van der Waals surface area contributed by atoms with E-state index in [2.05, 4.69) is 15.1 Å². The highest BCUT2D eigenvalue weighted by atomic mass is 32.2. The van der Waals surface area contributed by atoms with Crippen LogP contribution >= 0.6 is 0 Å². The van der Waals surface area contributed by atoms with E-state index in [-0.39, 0.29) is 17.1 Å². The molecule has 0 aliphatic rings. The van der Waals surface area contributed by atoms with Gasteiger partial charge >= 0.3 is 6.18 Å². The molecule has 2 rings (SSSR count). The Morgan fingerprint density at radius 1 is 1.30 bits per heavy atom. The first kappa shape index (κ1) is 14.4. The van der Waals surface area contributed by atoms with Crippen LogP contribution in [-0.2, 0) is 21.8 Å². The highest BCUT2D eigenvalue weighted by molar-refractivity contribution is 7.89. The molecule has 0 spiro atoms. The van der Waals surface area contributed by atoms with Crippen molar-refractivity contribution in [3.63, 3.8) is 0 Å². The number of H-pyrrole nitrogens is 1. The van der Waals surface area contributed by atoms with Crippen molar-refractivity contribution in [2.75, 3.05) is 6.26 Å². The van der Waals surface area contributed by atoms with Crippen LogP contribution in [0, 0.1) is 0 Å². The minimum Gasteiger partial charge on any atom is -0.264 e. The SMILES string of the molecule is CS(=O)(=O)Cc1cncc(-c2n[nH]c(C(F)(F)F)n2)c1. The monoisotopic (exact) mass is 306 g/mol. The van der Waals surface area contributed by atoms with Gasteiger partial charge in [-0.25, -0.2) is 13.4 Å². The predicted molar refractivity (Wildman–Crippen MR) is 63.2 cm³/mol. The zero-order chi connectivity index (χ0) is 15.0. The van der Waals surface area contributed by atoms with E-state index in [1.165, 1.54) is 18.5 Å². The summed E-state index contributed by atoms with van der Waals surface area (Å²) in [4.78, 5) is 7.09. The number of halogens is 3. The number of nitrogens with zero attached hydrogens (tertiary/aromatic N) is 3. The number of sulfone groups is 1. The molecule has 0 unspecified atom stereocenters. The van der Waals surface area contributed by atoms with Gasteiger partial charge in [0, 0.05) is 24.2 Å². The Bertz CT molecular complexity index is 724. The Hall–Kier alpha value is -1.97. The largest absolute Gasteiger partial charge is 0.451 e. The van der Waals surface area contributed by atoms with Crippen molar-refractivity contribution >= 4 is 9.84 Å². The minimum atomic E-state index is -4.62. The molecule has 0 aromatic carbocycles. The second kappa shape index (κ2) is 4.85. The van der Waals surface area contributed by atoms with Gasteiger partial charge < -0.3 is 0 Å². The van der Waals surface area contributed by atoms with Gasteiger partial charge in [0.25, 0.3) is 0 Å². The van der Waals surface area contributed by atoms with Gasteiger partial charge in [0.2, 0.25) is 5.82 Å². The molecule has 1 N–H and O–H groups in total. The average Bonchev–Trinajstić information content (AvgIpc) is 2.75. The molecule has 0 aliphatic carbocycles. The van der Waals surface area contributed by atoms with Crippen LogP contribution in [0.5, 0.6) is 0 Å². The van der Waals surface area contributed by atoms with Gasteiger partial charge in [0.15, 0.2) is 15.7 Å². The molecule has 0 amide bonds. The number of rotatable bonds is 3. The van der Waals surface area contributed by atoms with Crippen molar-refractivity contribution in [1.82, 2.24) is 20.2 Å². The van der Waals surface area contributed by atoms with Crippen molar-refractivity contribution in [2.24, 2.45) is 0 Å². The Morgan fingerprint density at radius 3 is 2.55 bits per heavy atom. The first-order valence-electron chi connectivity index (χ1n) is 5.27. The molecule has 2 aromatic rings. The number of nitrogens with one attached hydrogen (secondary N) is 1. The van der Waals surface area contributed by atoms with E-state index in [4.69, 9.17) is 0 Å². The van der Waals surface area contributed by atoms with E-state index in [0.717, 1.165) is 6.26 Å². The normalized spacial score (nSPS) is 12.6. The van der Waals surface area contributed by atoms with Gasteiger partial charge in [-0.05, 0) is 11.6 Å². The molecular weight excluding hydrogens is 297 g/mol. The van der Waals surface area contributed by atoms with Gasteiger partial charge in [0.05, 0.1) is 5.75 Å². The second-order valence-corrected chi connectivity index (χ2v) is 6.30. The molecule has 10 heteroatoms. The fourth-order valence-corrected chi connectivity index (χ4v) is 2.27. The van der Waals surface area contributed by atoms with E-state index in [0.29, 0.717) is 5.56 Å². The lowest BCUT2D eigenvalue weighted by Crippen LogP contribution is -2.07. The number of aromatic amines is 1. The fourth-order valence-electron chi connectivity index (χ4n) is 1.51. The molecule has 6 nitrogen and oxygen atoms in total. The van der Waals surface area contributed by atoms with E-state index in [1.54, 1.807) is 5.10 Å². The van der Waals surface area contributed by atoms with Gasteiger partial charge in [-0.15, -0.1) is 0 Å². The molecule has 0 saturated carbocycles. The van der Waals surface area contributed by atoms with Crippen LogP contribution in [0.15, 0.2) is 18.5 Å². The third-order valence-electron chi connectivity index (χ3n) is 2.24. The Balaban J connectivity index is 2.34. The standard InChI is InChI=1S/C10H9F3N4O2S/c1-20(18,19)5-6-2-7(4-14-3-6)8-15-9(17-16-8)10(11,12)13/h2-4H,5H2,1H3,(H,15,16,17). The van der Waals surface area contributed by atoms with Crippen LogP contribution in [0.2, 0.25) is 0 Å². The number of alkyl halides is 3. The maximum Gasteiger partial charge on any atom is 0.451 e. The Morgan fingerprint density at radius 2 is 2.00 bits per heavy atom. The van der Waals surface area contributed by atoms with E-state index in [1.807, 2.05) is 0 Å². The number of pyridine rings is 1. The quantitative estimate of drug-likeness (QED) is 0.926. The fraction of sp³-hybridized carbons (Fsp3) is 0.300. The smallest absolute Gasteiger partial charge is 0.264 e. The van der Waals surface area contributed by atoms with Crippen molar-refractivity contribution in [3.8, 4) is 11.4 Å². The lowest BCUT2D eigenvalue weighted by molar-refractivity contribution is -0.144. The summed E-state index contributed by atoms with van der Waals surface area (Å²) < 4.78 is 59.5. The third-order valence-corrected chi connectivity index (χ3v) is 3.09. The van der Waals surface area contributed by atoms with Crippen LogP contribution in [0.3, 0.4) is 0 Å². The maximum absolute atomic E-state index is 12.4. The molecule has 108 valence electrons. The van der Waals surface area contributed by atoms with Crippen molar-refractivity contribution in [2.45, 2.75) is 11.9 Å². The van der Waals surface area contributed by atoms with E-state index >= 15 is 0 Å². The van der Waals surface area contributed by atoms with Crippen molar-refractivity contribution in [1.29, 1.82) is 0 Å². The molecule has 20 heavy (non-hydrogen) atoms. The topological polar surface area (TPSA) is 88.6 Å². The first-order chi connectivity index (χ1) is 9.15. The zero-order valence-electron chi connectivity index (χ0n) is 10.1. The molecule has 0 aliphatic heterocycles. The van der Waals surface area contributed by atoms with Crippen LogP contribution < -0.4 is 0 Å². The summed E-state index contributed by atoms with van der Waals surface area (Å²) >= 11 is 0. The van der Waals surface area contributed by atoms with Crippen molar-refractivity contribution < 1.29 is 21.6 Å². The average molecular weight is 306 g/mol. The number of aromatic nitrogens is 4. The summed E-state index contributed by atoms with van der Waals surface area (Å²) in [7, 11) is -3.26. The summed E-state index contributed by atoms with van der Waals surface area (Å²) in [5, 5.41) is 5.22. The molecule has 0 fully saturated rings. The summed E-state index contributed by atoms with van der Waals surface area (Å²) in [6, 6.07) is 1.39. The number of hydrogen-bond acceptors (Lipinski definition) is 5. The highest BCUT2D eigenvalue weighted by Crippen LogP contribution is 2.27. The van der Waals surface area contributed by atoms with Crippen LogP contribution in [-0.4, -0.2) is 34.8 Å². The third kappa shape index (κ3) is 3.53. The molecule has 2 aromatic heterocycles. The molecular formula is C10H9F3N4O2S. The van der Waals surface area contributed by atoms with Gasteiger partial charge in [-0.1, -0.05) is 0 Å². The summed E-state index contributed by atoms with van der Waals surface area (Å²) in [6.45, 7) is 0. The summed E-state index contributed by atoms with van der Waals surface area (Å²) in [5.74, 6) is -1.68. The molecule has 0 radical (unpaired) electrons. The zero-order valence-corrected chi connectivity index (χ0v) is 11.0. The molecule has 0 saturated heterocycles. The minimum absolute atomic E-state index is 0.194. The van der Waals surface area contributed by atoms with Gasteiger partial charge in [0.1, 0.15) is 0 Å². The van der Waals surface area contributed by atoms with Crippen molar-refractivity contribution in [3.05, 3.63) is 29.8 Å². The maximum atomic E-state index is 12.4. The summed E-state index contributed by atoms with van der Waals surface area (Å²) in [6.07, 6.45) is -0.992. The number of hydrogen-bond donors (Lipinski definition) is 1. The van der Waals surface area contributed by atoms with E-state index < -0.39 is 21.8 Å². The predicted octanol–water partition coefficient (Wildman–Crippen LogP) is 1.43. The Labute approximate surface area is 112 Å². The summed E-state index contributed by atoms with van der Waals surface area (Å²) in [5.41, 5.74) is 0.557. The molecule has 2 heterocycles. The first-order valence-corrected chi connectivity index (χ1v) is 7.33. The van der Waals surface area contributed by atoms with Crippen LogP contribution in [0.4, 0.5) is 13.2 Å². The van der Waals surface area contributed by atoms with Crippen LogP contribution in [0.1, 0.15) is 11.4 Å². The van der Waals surface area contributed by atoms with Crippen LogP contribution in [0.25, 0.3) is 11.4 Å². The lowest BCUT2D eigenvalue weighted by Gasteiger charge is -2.01. The molecule has 0 atom stereocenters. The van der Waals surface area contributed by atoms with E-state index in [9.17, 15) is 21.6 Å². The highest BCUT2D eigenvalue weighted by Gasteiger charge is 2.35.